The van der Waals surface area contributed by atoms with Gasteiger partial charge in [0.05, 0.1) is 7.11 Å². The molecule has 32 heavy (non-hydrogen) atoms. The van der Waals surface area contributed by atoms with Crippen molar-refractivity contribution in [1.82, 2.24) is 29.5 Å². The smallest absolute Gasteiger partial charge is 0.242 e. The molecule has 8 nitrogen and oxygen atoms in total. The first-order chi connectivity index (χ1) is 15.5. The molecule has 0 amide bonds. The van der Waals surface area contributed by atoms with Gasteiger partial charge in [-0.3, -0.25) is 0 Å². The van der Waals surface area contributed by atoms with Gasteiger partial charge < -0.3 is 9.64 Å². The molecule has 2 aromatic carbocycles. The molecule has 4 aromatic rings. The van der Waals surface area contributed by atoms with Crippen LogP contribution in [0.5, 0.6) is 5.75 Å². The average molecular weight is 458 g/mol. The third kappa shape index (κ3) is 3.77. The number of hydrogen-bond acceptors (Lipinski definition) is 6. The minimum atomic E-state index is -0.889. The molecule has 0 saturated heterocycles. The normalized spacial score (nSPS) is 13.3. The molecule has 3 heterocycles. The molecule has 1 aliphatic heterocycles. The Balaban J connectivity index is 1.42. The summed E-state index contributed by atoms with van der Waals surface area (Å²) in [6.07, 6.45) is 2.80. The summed E-state index contributed by atoms with van der Waals surface area (Å²) in [6, 6.07) is 9.53. The van der Waals surface area contributed by atoms with Crippen LogP contribution in [0.2, 0.25) is 5.28 Å². The fraction of sp³-hybridized carbons (Fsp3) is 0.238. The summed E-state index contributed by atoms with van der Waals surface area (Å²) in [5.41, 5.74) is 2.19. The quantitative estimate of drug-likeness (QED) is 0.452. The largest absolute Gasteiger partial charge is 0.494 e. The molecule has 164 valence electrons. The monoisotopic (exact) mass is 457 g/mol. The fourth-order valence-electron chi connectivity index (χ4n) is 3.74. The van der Waals surface area contributed by atoms with Gasteiger partial charge >= 0.3 is 0 Å². The van der Waals surface area contributed by atoms with Crippen LogP contribution in [0.3, 0.4) is 0 Å². The lowest BCUT2D eigenvalue weighted by molar-refractivity contribution is 0.411. The maximum atomic E-state index is 13.8. The first kappa shape index (κ1) is 20.4. The summed E-state index contributed by atoms with van der Waals surface area (Å²) < 4.78 is 36.0. The Morgan fingerprint density at radius 2 is 1.94 bits per heavy atom. The standard InChI is InChI=1S/C21H18ClF2N7O/c1-32-18-9-13(3-6-17(18)31-12-25-20(22)28-31)10-19-26-21-29(7-2-8-30(21)27-19)14-4-5-15(23)16(24)11-14/h3-6,9,11-12H,2,7-8,10H2,1H3. The molecule has 0 N–H and O–H groups in total. The van der Waals surface area contributed by atoms with Crippen molar-refractivity contribution in [2.75, 3.05) is 18.6 Å². The van der Waals surface area contributed by atoms with Crippen LogP contribution in [0.1, 0.15) is 17.8 Å². The van der Waals surface area contributed by atoms with Gasteiger partial charge in [-0.25, -0.2) is 23.1 Å². The maximum absolute atomic E-state index is 13.8. The molecule has 0 unspecified atom stereocenters. The first-order valence-corrected chi connectivity index (χ1v) is 10.3. The van der Waals surface area contributed by atoms with E-state index in [0.717, 1.165) is 18.1 Å². The summed E-state index contributed by atoms with van der Waals surface area (Å²) in [7, 11) is 1.58. The van der Waals surface area contributed by atoms with Crippen molar-refractivity contribution in [3.8, 4) is 11.4 Å². The minimum absolute atomic E-state index is 0.148. The van der Waals surface area contributed by atoms with Crippen molar-refractivity contribution in [1.29, 1.82) is 0 Å². The maximum Gasteiger partial charge on any atom is 0.242 e. The second kappa shape index (κ2) is 8.19. The predicted octanol–water partition coefficient (Wildman–Crippen LogP) is 3.93. The van der Waals surface area contributed by atoms with Crippen molar-refractivity contribution >= 4 is 23.2 Å². The predicted molar refractivity (Wildman–Crippen MR) is 114 cm³/mol. The number of anilines is 2. The van der Waals surface area contributed by atoms with Crippen LogP contribution in [0.15, 0.2) is 42.7 Å². The second-order valence-corrected chi connectivity index (χ2v) is 7.63. The summed E-state index contributed by atoms with van der Waals surface area (Å²) in [5.74, 6) is 0.0707. The molecule has 1 aliphatic rings. The number of aromatic nitrogens is 6. The van der Waals surface area contributed by atoms with Crippen LogP contribution in [-0.4, -0.2) is 43.2 Å². The van der Waals surface area contributed by atoms with Crippen LogP contribution in [0.25, 0.3) is 5.69 Å². The highest BCUT2D eigenvalue weighted by atomic mass is 35.5. The van der Waals surface area contributed by atoms with E-state index in [4.69, 9.17) is 16.3 Å². The number of aryl methyl sites for hydroxylation is 1. The van der Waals surface area contributed by atoms with Gasteiger partial charge in [0.15, 0.2) is 17.5 Å². The van der Waals surface area contributed by atoms with Crippen LogP contribution in [-0.2, 0) is 13.0 Å². The molecular weight excluding hydrogens is 440 g/mol. The van der Waals surface area contributed by atoms with Gasteiger partial charge in [0.1, 0.15) is 17.8 Å². The minimum Gasteiger partial charge on any atom is -0.494 e. The van der Waals surface area contributed by atoms with Gasteiger partial charge in [-0.05, 0) is 47.9 Å². The van der Waals surface area contributed by atoms with E-state index in [9.17, 15) is 8.78 Å². The Bertz CT molecular complexity index is 1290. The Hall–Kier alpha value is -3.53. The number of hydrogen-bond donors (Lipinski definition) is 0. The highest BCUT2D eigenvalue weighted by Crippen LogP contribution is 2.30. The molecule has 0 spiro atoms. The first-order valence-electron chi connectivity index (χ1n) is 9.92. The summed E-state index contributed by atoms with van der Waals surface area (Å²) in [6.45, 7) is 1.35. The van der Waals surface area contributed by atoms with E-state index in [0.29, 0.717) is 48.4 Å². The number of rotatable bonds is 5. The van der Waals surface area contributed by atoms with E-state index < -0.39 is 11.6 Å². The molecule has 0 atom stereocenters. The van der Waals surface area contributed by atoms with Crippen molar-refractivity contribution in [3.05, 3.63) is 71.0 Å². The molecule has 2 aromatic heterocycles. The van der Waals surface area contributed by atoms with E-state index in [-0.39, 0.29) is 5.28 Å². The third-order valence-corrected chi connectivity index (χ3v) is 5.39. The number of ether oxygens (including phenoxy) is 1. The van der Waals surface area contributed by atoms with Gasteiger partial charge in [0.25, 0.3) is 0 Å². The molecule has 11 heteroatoms. The van der Waals surface area contributed by atoms with Crippen LogP contribution in [0.4, 0.5) is 20.4 Å². The zero-order valence-corrected chi connectivity index (χ0v) is 17.8. The molecule has 0 fully saturated rings. The van der Waals surface area contributed by atoms with Crippen LogP contribution >= 0.6 is 11.6 Å². The van der Waals surface area contributed by atoms with Crippen LogP contribution in [0, 0.1) is 11.6 Å². The molecule has 0 aliphatic carbocycles. The number of methoxy groups -OCH3 is 1. The summed E-state index contributed by atoms with van der Waals surface area (Å²) in [5, 5.41) is 8.86. The number of nitrogens with zero attached hydrogens (tertiary/aromatic N) is 7. The fourth-order valence-corrected chi connectivity index (χ4v) is 3.87. The lowest BCUT2D eigenvalue weighted by Gasteiger charge is -2.27. The van der Waals surface area contributed by atoms with Crippen LogP contribution < -0.4 is 9.64 Å². The lowest BCUT2D eigenvalue weighted by Crippen LogP contribution is -2.28. The van der Waals surface area contributed by atoms with E-state index in [1.165, 1.54) is 17.1 Å². The Labute approximate surface area is 187 Å². The van der Waals surface area contributed by atoms with Gasteiger partial charge in [0, 0.05) is 31.3 Å². The number of benzene rings is 2. The van der Waals surface area contributed by atoms with Crippen molar-refractivity contribution in [3.63, 3.8) is 0 Å². The topological polar surface area (TPSA) is 73.9 Å². The van der Waals surface area contributed by atoms with E-state index >= 15 is 0 Å². The van der Waals surface area contributed by atoms with Gasteiger partial charge in [-0.1, -0.05) is 6.07 Å². The second-order valence-electron chi connectivity index (χ2n) is 7.30. The Morgan fingerprint density at radius 1 is 1.06 bits per heavy atom. The van der Waals surface area contributed by atoms with Crippen molar-refractivity contribution < 1.29 is 13.5 Å². The summed E-state index contributed by atoms with van der Waals surface area (Å²) >= 11 is 5.82. The third-order valence-electron chi connectivity index (χ3n) is 5.22. The van der Waals surface area contributed by atoms with E-state index in [1.54, 1.807) is 17.9 Å². The molecule has 5 rings (SSSR count). The van der Waals surface area contributed by atoms with Gasteiger partial charge in [0.2, 0.25) is 11.2 Å². The zero-order valence-electron chi connectivity index (χ0n) is 17.0. The molecule has 0 saturated carbocycles. The van der Waals surface area contributed by atoms with Gasteiger partial charge in [-0.15, -0.1) is 5.10 Å². The number of halogens is 3. The average Bonchev–Trinajstić information content (AvgIpc) is 3.41. The van der Waals surface area contributed by atoms with Gasteiger partial charge in [-0.2, -0.15) is 10.1 Å². The molecular formula is C21H18ClF2N7O. The highest BCUT2D eigenvalue weighted by molar-refractivity contribution is 6.28. The van der Waals surface area contributed by atoms with Crippen molar-refractivity contribution in [2.24, 2.45) is 0 Å². The van der Waals surface area contributed by atoms with E-state index in [2.05, 4.69) is 20.2 Å². The highest BCUT2D eigenvalue weighted by Gasteiger charge is 2.23. The number of fused-ring (bicyclic) bond motifs is 1. The molecule has 0 bridgehead atoms. The van der Waals surface area contributed by atoms with E-state index in [1.807, 2.05) is 23.1 Å². The Kier molecular flexibility index (Phi) is 5.22. The van der Waals surface area contributed by atoms with Crippen molar-refractivity contribution in [2.45, 2.75) is 19.4 Å². The Morgan fingerprint density at radius 3 is 2.69 bits per heavy atom. The molecule has 0 radical (unpaired) electrons. The lowest BCUT2D eigenvalue weighted by atomic mass is 10.1. The SMILES string of the molecule is COc1cc(Cc2nc3n(n2)CCCN3c2ccc(F)c(F)c2)ccc1-n1cnc(Cl)n1. The zero-order chi connectivity index (χ0) is 22.2. The summed E-state index contributed by atoms with van der Waals surface area (Å²) in [4.78, 5) is 10.4.